The zero-order valence-electron chi connectivity index (χ0n) is 11.5. The summed E-state index contributed by atoms with van der Waals surface area (Å²) in [6.07, 6.45) is 0. The predicted octanol–water partition coefficient (Wildman–Crippen LogP) is 3.71. The van der Waals surface area contributed by atoms with Crippen LogP contribution in [0.25, 0.3) is 0 Å². The maximum atomic E-state index is 12.5. The molecule has 0 saturated carbocycles. The molecule has 0 atom stereocenters. The molecule has 0 bridgehead atoms. The summed E-state index contributed by atoms with van der Waals surface area (Å²) in [4.78, 5) is 14.0. The Morgan fingerprint density at radius 2 is 1.95 bits per heavy atom. The Morgan fingerprint density at radius 1 is 1.20 bits per heavy atom. The Bertz CT molecular complexity index is 613. The van der Waals surface area contributed by atoms with Crippen LogP contribution in [0.2, 0.25) is 0 Å². The number of alkyl halides is 1. The van der Waals surface area contributed by atoms with Crippen LogP contribution in [0.4, 0.5) is 5.69 Å². The van der Waals surface area contributed by atoms with Crippen molar-refractivity contribution in [1.29, 1.82) is 0 Å². The number of rotatable bonds is 4. The van der Waals surface area contributed by atoms with Crippen molar-refractivity contribution in [1.82, 2.24) is 0 Å². The Balaban J connectivity index is 2.27. The fourth-order valence-electron chi connectivity index (χ4n) is 1.92. The molecule has 3 nitrogen and oxygen atoms in total. The molecule has 0 aliphatic carbocycles. The molecule has 0 spiro atoms. The highest BCUT2D eigenvalue weighted by molar-refractivity contribution is 6.17. The van der Waals surface area contributed by atoms with Gasteiger partial charge >= 0.3 is 0 Å². The van der Waals surface area contributed by atoms with E-state index < -0.39 is 0 Å². The monoisotopic (exact) mass is 289 g/mol. The molecule has 0 aliphatic rings. The number of benzene rings is 2. The van der Waals surface area contributed by atoms with E-state index >= 15 is 0 Å². The number of hydrogen-bond acceptors (Lipinski definition) is 2. The van der Waals surface area contributed by atoms with Gasteiger partial charge in [0.25, 0.3) is 5.91 Å². The van der Waals surface area contributed by atoms with Gasteiger partial charge in [-0.15, -0.1) is 11.6 Å². The van der Waals surface area contributed by atoms with Gasteiger partial charge in [0.1, 0.15) is 5.75 Å². The second-order valence-corrected chi connectivity index (χ2v) is 4.67. The SMILES string of the molecule is COc1cccc(N(C)C(=O)c2cccc(CCl)c2)c1. The first-order valence-corrected chi connectivity index (χ1v) is 6.76. The van der Waals surface area contributed by atoms with E-state index in [2.05, 4.69) is 0 Å². The number of hydrogen-bond donors (Lipinski definition) is 0. The lowest BCUT2D eigenvalue weighted by Crippen LogP contribution is -2.26. The lowest BCUT2D eigenvalue weighted by Gasteiger charge is -2.18. The highest BCUT2D eigenvalue weighted by Crippen LogP contribution is 2.21. The van der Waals surface area contributed by atoms with E-state index in [1.807, 2.05) is 42.5 Å². The second kappa shape index (κ2) is 6.44. The minimum Gasteiger partial charge on any atom is -0.497 e. The molecule has 0 saturated heterocycles. The molecule has 2 aromatic rings. The Labute approximate surface area is 123 Å². The van der Waals surface area contributed by atoms with Gasteiger partial charge in [0.15, 0.2) is 0 Å². The number of anilines is 1. The molecule has 2 rings (SSSR count). The molecular weight excluding hydrogens is 274 g/mol. The molecule has 0 unspecified atom stereocenters. The first kappa shape index (κ1) is 14.4. The molecule has 2 aromatic carbocycles. The van der Waals surface area contributed by atoms with Gasteiger partial charge in [0, 0.05) is 30.2 Å². The summed E-state index contributed by atoms with van der Waals surface area (Å²) >= 11 is 5.80. The van der Waals surface area contributed by atoms with Crippen LogP contribution in [0.1, 0.15) is 15.9 Å². The van der Waals surface area contributed by atoms with E-state index in [0.717, 1.165) is 17.0 Å². The molecule has 20 heavy (non-hydrogen) atoms. The van der Waals surface area contributed by atoms with E-state index in [1.165, 1.54) is 0 Å². The fraction of sp³-hybridized carbons (Fsp3) is 0.188. The molecule has 4 heteroatoms. The summed E-state index contributed by atoms with van der Waals surface area (Å²) in [5.41, 5.74) is 2.33. The van der Waals surface area contributed by atoms with Crippen molar-refractivity contribution in [2.24, 2.45) is 0 Å². The topological polar surface area (TPSA) is 29.5 Å². The predicted molar refractivity (Wildman–Crippen MR) is 81.7 cm³/mol. The normalized spacial score (nSPS) is 10.2. The number of carbonyl (C=O) groups excluding carboxylic acids is 1. The summed E-state index contributed by atoms with van der Waals surface area (Å²) in [5.74, 6) is 1.03. The maximum Gasteiger partial charge on any atom is 0.258 e. The first-order valence-electron chi connectivity index (χ1n) is 6.22. The van der Waals surface area contributed by atoms with Crippen LogP contribution >= 0.6 is 11.6 Å². The van der Waals surface area contributed by atoms with Crippen molar-refractivity contribution in [3.8, 4) is 5.75 Å². The van der Waals surface area contributed by atoms with Crippen molar-refractivity contribution in [2.45, 2.75) is 5.88 Å². The lowest BCUT2D eigenvalue weighted by atomic mass is 10.1. The number of amides is 1. The van der Waals surface area contributed by atoms with Gasteiger partial charge in [-0.05, 0) is 29.8 Å². The third-order valence-electron chi connectivity index (χ3n) is 3.07. The Kier molecular flexibility index (Phi) is 4.64. The third kappa shape index (κ3) is 3.11. The average Bonchev–Trinajstić information content (AvgIpc) is 2.53. The van der Waals surface area contributed by atoms with Crippen LogP contribution in [0, 0.1) is 0 Å². The molecule has 0 fully saturated rings. The van der Waals surface area contributed by atoms with Crippen molar-refractivity contribution in [3.63, 3.8) is 0 Å². The second-order valence-electron chi connectivity index (χ2n) is 4.40. The molecule has 0 N–H and O–H groups in total. The summed E-state index contributed by atoms with van der Waals surface area (Å²) in [6, 6.07) is 14.7. The molecule has 1 amide bonds. The van der Waals surface area contributed by atoms with Gasteiger partial charge < -0.3 is 9.64 Å². The highest BCUT2D eigenvalue weighted by atomic mass is 35.5. The zero-order chi connectivity index (χ0) is 14.5. The van der Waals surface area contributed by atoms with Gasteiger partial charge in [-0.1, -0.05) is 18.2 Å². The van der Waals surface area contributed by atoms with Gasteiger partial charge in [-0.25, -0.2) is 0 Å². The van der Waals surface area contributed by atoms with Crippen LogP contribution in [0.15, 0.2) is 48.5 Å². The number of ether oxygens (including phenoxy) is 1. The van der Waals surface area contributed by atoms with Crippen molar-refractivity contribution in [2.75, 3.05) is 19.1 Å². The maximum absolute atomic E-state index is 12.5. The first-order chi connectivity index (χ1) is 9.65. The van der Waals surface area contributed by atoms with Crippen LogP contribution in [0.3, 0.4) is 0 Å². The number of carbonyl (C=O) groups is 1. The van der Waals surface area contributed by atoms with Crippen LogP contribution < -0.4 is 9.64 Å². The summed E-state index contributed by atoms with van der Waals surface area (Å²) in [5, 5.41) is 0. The van der Waals surface area contributed by atoms with Gasteiger partial charge in [0.05, 0.1) is 7.11 Å². The van der Waals surface area contributed by atoms with Crippen molar-refractivity contribution < 1.29 is 9.53 Å². The van der Waals surface area contributed by atoms with Gasteiger partial charge in [-0.3, -0.25) is 4.79 Å². The number of halogens is 1. The summed E-state index contributed by atoms with van der Waals surface area (Å²) in [6.45, 7) is 0. The van der Waals surface area contributed by atoms with E-state index in [4.69, 9.17) is 16.3 Å². The number of methoxy groups -OCH3 is 1. The van der Waals surface area contributed by atoms with Crippen molar-refractivity contribution in [3.05, 3.63) is 59.7 Å². The van der Waals surface area contributed by atoms with Crippen LogP contribution in [0.5, 0.6) is 5.75 Å². The Hall–Kier alpha value is -2.00. The molecule has 0 heterocycles. The average molecular weight is 290 g/mol. The number of nitrogens with zero attached hydrogens (tertiary/aromatic N) is 1. The van der Waals surface area contributed by atoms with Crippen LogP contribution in [-0.4, -0.2) is 20.1 Å². The van der Waals surface area contributed by atoms with Gasteiger partial charge in [0.2, 0.25) is 0 Å². The molecule has 0 aromatic heterocycles. The summed E-state index contributed by atoms with van der Waals surface area (Å²) in [7, 11) is 3.34. The van der Waals surface area contributed by atoms with Crippen molar-refractivity contribution >= 4 is 23.2 Å². The molecule has 104 valence electrons. The van der Waals surface area contributed by atoms with E-state index in [-0.39, 0.29) is 5.91 Å². The zero-order valence-corrected chi connectivity index (χ0v) is 12.2. The molecular formula is C16H16ClNO2. The van der Waals surface area contributed by atoms with Gasteiger partial charge in [-0.2, -0.15) is 0 Å². The smallest absolute Gasteiger partial charge is 0.258 e. The van der Waals surface area contributed by atoms with Crippen LogP contribution in [-0.2, 0) is 5.88 Å². The molecule has 0 radical (unpaired) electrons. The Morgan fingerprint density at radius 3 is 2.65 bits per heavy atom. The van der Waals surface area contributed by atoms with E-state index in [1.54, 1.807) is 25.1 Å². The lowest BCUT2D eigenvalue weighted by molar-refractivity contribution is 0.0993. The standard InChI is InChI=1S/C16H16ClNO2/c1-18(14-7-4-8-15(10-14)20-2)16(19)13-6-3-5-12(9-13)11-17/h3-10H,11H2,1-2H3. The third-order valence-corrected chi connectivity index (χ3v) is 3.38. The minimum absolute atomic E-state index is 0.0785. The van der Waals surface area contributed by atoms with E-state index in [9.17, 15) is 4.79 Å². The fourth-order valence-corrected chi connectivity index (χ4v) is 2.08. The highest BCUT2D eigenvalue weighted by Gasteiger charge is 2.14. The molecule has 0 aliphatic heterocycles. The van der Waals surface area contributed by atoms with E-state index in [0.29, 0.717) is 11.4 Å². The largest absolute Gasteiger partial charge is 0.497 e. The quantitative estimate of drug-likeness (QED) is 0.803. The minimum atomic E-state index is -0.0785. The summed E-state index contributed by atoms with van der Waals surface area (Å²) < 4.78 is 5.17.